The van der Waals surface area contributed by atoms with Crippen molar-refractivity contribution in [1.29, 1.82) is 0 Å². The van der Waals surface area contributed by atoms with E-state index in [1.807, 2.05) is 48.5 Å². The summed E-state index contributed by atoms with van der Waals surface area (Å²) in [5.74, 6) is 0. The van der Waals surface area contributed by atoms with Crippen LogP contribution < -0.4 is 19.6 Å². The molecule has 0 aromatic heterocycles. The minimum absolute atomic E-state index is 0.727. The lowest BCUT2D eigenvalue weighted by Gasteiger charge is -2.28. The van der Waals surface area contributed by atoms with E-state index in [1.165, 1.54) is 89.3 Å². The number of rotatable bonds is 14. The van der Waals surface area contributed by atoms with Crippen molar-refractivity contribution in [2.45, 2.75) is 69.2 Å². The molecule has 12 aromatic carbocycles. The zero-order chi connectivity index (χ0) is 61.6. The minimum atomic E-state index is 0.727. The third kappa shape index (κ3) is 13.7. The van der Waals surface area contributed by atoms with Crippen molar-refractivity contribution < 1.29 is 0 Å². The van der Waals surface area contributed by atoms with Crippen molar-refractivity contribution in [3.63, 3.8) is 0 Å². The van der Waals surface area contributed by atoms with Crippen molar-refractivity contribution in [2.24, 2.45) is 0 Å². The topological polar surface area (TPSA) is 13.0 Å². The van der Waals surface area contributed by atoms with Crippen LogP contribution in [0.3, 0.4) is 0 Å². The molecule has 0 spiro atoms. The highest BCUT2D eigenvalue weighted by Crippen LogP contribution is 2.43. The molecule has 0 aliphatic heterocycles. The standard InChI is InChI=1S/C62H57N3.C20H17Cl2N/c1-42-9-24-54(25-10-42)63(60-36-13-44(3)39-47(60)6)56-28-16-50(17-29-56)52-20-32-58(33-21-52)65(62-38-15-46(5)41-49(62)8)59-34-22-53(23-35-59)51-18-30-57(31-19-51)64(55-26-11-43(2)12-27-55)61-37-14-45(4)40-48(61)7;1-14-3-12-20(15(2)13-14)23(18-8-4-16(21)5-9-18)19-10-6-17(22)7-11-19/h9-41H,1-8H3;3-13H,1-2H3. The second kappa shape index (κ2) is 26.6. The van der Waals surface area contributed by atoms with Gasteiger partial charge in [0.2, 0.25) is 0 Å². The number of halogens is 2. The Balaban J connectivity index is 0.000000291. The van der Waals surface area contributed by atoms with Gasteiger partial charge in [0.1, 0.15) is 0 Å². The van der Waals surface area contributed by atoms with E-state index in [1.54, 1.807) is 0 Å². The minimum Gasteiger partial charge on any atom is -0.310 e. The highest BCUT2D eigenvalue weighted by atomic mass is 35.5. The van der Waals surface area contributed by atoms with E-state index in [2.05, 4.69) is 307 Å². The van der Waals surface area contributed by atoms with Crippen molar-refractivity contribution in [3.8, 4) is 22.3 Å². The maximum atomic E-state index is 6.05. The van der Waals surface area contributed by atoms with E-state index in [0.29, 0.717) is 0 Å². The molecule has 0 atom stereocenters. The molecule has 0 saturated carbocycles. The number of hydrogen-bond donors (Lipinski definition) is 0. The van der Waals surface area contributed by atoms with Gasteiger partial charge in [-0.15, -0.1) is 0 Å². The SMILES string of the molecule is Cc1ccc(N(c2ccc(-c3ccc(N(c4ccc(-c5ccc(N(c6ccc(C)cc6)c6ccc(C)cc6C)cc5)cc4)c4ccc(C)cc4C)cc3)cc2)c2ccc(C)cc2C)cc1.Cc1ccc(N(c2ccc(Cl)cc2)c2ccc(Cl)cc2)c(C)c1. The Labute approximate surface area is 531 Å². The van der Waals surface area contributed by atoms with E-state index in [4.69, 9.17) is 23.2 Å². The molecule has 0 radical (unpaired) electrons. The van der Waals surface area contributed by atoms with E-state index < -0.39 is 0 Å². The summed E-state index contributed by atoms with van der Waals surface area (Å²) >= 11 is 12.1. The average Bonchev–Trinajstić information content (AvgIpc) is 1.36. The van der Waals surface area contributed by atoms with Gasteiger partial charge in [0.15, 0.2) is 0 Å². The number of aryl methyl sites for hydroxylation is 10. The van der Waals surface area contributed by atoms with Crippen molar-refractivity contribution in [3.05, 3.63) is 333 Å². The van der Waals surface area contributed by atoms with Crippen molar-refractivity contribution in [2.75, 3.05) is 19.6 Å². The maximum absolute atomic E-state index is 6.05. The number of hydrogen-bond acceptors (Lipinski definition) is 4. The molecule has 0 N–H and O–H groups in total. The Bertz CT molecular complexity index is 4110. The second-order valence-corrected chi connectivity index (χ2v) is 24.2. The van der Waals surface area contributed by atoms with E-state index in [-0.39, 0.29) is 0 Å². The van der Waals surface area contributed by atoms with E-state index in [9.17, 15) is 0 Å². The van der Waals surface area contributed by atoms with Crippen LogP contribution in [0.1, 0.15) is 55.6 Å². The Morgan fingerprint density at radius 2 is 0.341 bits per heavy atom. The molecule has 12 aromatic rings. The lowest BCUT2D eigenvalue weighted by Crippen LogP contribution is -2.11. The summed E-state index contributed by atoms with van der Waals surface area (Å²) in [6.07, 6.45) is 0. The molecule has 0 amide bonds. The Kier molecular flexibility index (Phi) is 18.2. The van der Waals surface area contributed by atoms with Crippen LogP contribution in [0.5, 0.6) is 0 Å². The molecule has 0 bridgehead atoms. The maximum Gasteiger partial charge on any atom is 0.0490 e. The molecule has 4 nitrogen and oxygen atoms in total. The molecule has 0 fully saturated rings. The van der Waals surface area contributed by atoms with E-state index >= 15 is 0 Å². The van der Waals surface area contributed by atoms with Crippen LogP contribution in [0.25, 0.3) is 22.3 Å². The van der Waals surface area contributed by atoms with Gasteiger partial charge in [-0.25, -0.2) is 0 Å². The van der Waals surface area contributed by atoms with Crippen LogP contribution in [0.2, 0.25) is 10.0 Å². The molecule has 6 heteroatoms. The molecule has 0 unspecified atom stereocenters. The third-order valence-electron chi connectivity index (χ3n) is 16.3. The fourth-order valence-electron chi connectivity index (χ4n) is 11.7. The van der Waals surface area contributed by atoms with Crippen LogP contribution >= 0.6 is 23.2 Å². The summed E-state index contributed by atoms with van der Waals surface area (Å²) in [5, 5.41) is 1.45. The van der Waals surface area contributed by atoms with Crippen LogP contribution in [0.4, 0.5) is 68.2 Å². The van der Waals surface area contributed by atoms with Gasteiger partial charge in [0, 0.05) is 78.3 Å². The normalized spacial score (nSPS) is 11.0. The van der Waals surface area contributed by atoms with Crippen LogP contribution in [-0.4, -0.2) is 0 Å². The van der Waals surface area contributed by atoms with Crippen molar-refractivity contribution >= 4 is 91.5 Å². The summed E-state index contributed by atoms with van der Waals surface area (Å²) in [7, 11) is 0. The smallest absolute Gasteiger partial charge is 0.0490 e. The quantitative estimate of drug-likeness (QED) is 0.108. The lowest BCUT2D eigenvalue weighted by molar-refractivity contribution is 1.23. The van der Waals surface area contributed by atoms with Gasteiger partial charge in [0.25, 0.3) is 0 Å². The molecule has 0 aliphatic rings. The van der Waals surface area contributed by atoms with Gasteiger partial charge in [0.05, 0.1) is 0 Å². The number of benzene rings is 12. The Morgan fingerprint density at radius 1 is 0.182 bits per heavy atom. The predicted molar refractivity (Wildman–Crippen MR) is 380 cm³/mol. The number of nitrogens with zero attached hydrogens (tertiary/aromatic N) is 4. The summed E-state index contributed by atoms with van der Waals surface area (Å²) in [6.45, 7) is 21.6. The third-order valence-corrected chi connectivity index (χ3v) is 16.8. The monoisotopic (exact) mass is 1180 g/mol. The second-order valence-electron chi connectivity index (χ2n) is 23.3. The van der Waals surface area contributed by atoms with Crippen LogP contribution in [0, 0.1) is 69.2 Å². The fraction of sp³-hybridized carbons (Fsp3) is 0.122. The summed E-state index contributed by atoms with van der Waals surface area (Å²) in [5.41, 5.74) is 30.7. The first-order valence-electron chi connectivity index (χ1n) is 30.1. The Hall–Kier alpha value is -9.58. The van der Waals surface area contributed by atoms with Gasteiger partial charge in [-0.2, -0.15) is 0 Å². The predicted octanol–water partition coefficient (Wildman–Crippen LogP) is 25.0. The van der Waals surface area contributed by atoms with Crippen LogP contribution in [0.15, 0.2) is 267 Å². The van der Waals surface area contributed by atoms with E-state index in [0.717, 1.165) is 66.9 Å². The average molecular weight is 1190 g/mol. The van der Waals surface area contributed by atoms with Gasteiger partial charge >= 0.3 is 0 Å². The zero-order valence-corrected chi connectivity index (χ0v) is 53.5. The fourth-order valence-corrected chi connectivity index (χ4v) is 12.0. The first-order valence-corrected chi connectivity index (χ1v) is 30.8. The first kappa shape index (κ1) is 60.1. The molecule has 0 aliphatic carbocycles. The zero-order valence-electron chi connectivity index (χ0n) is 51.9. The summed E-state index contributed by atoms with van der Waals surface area (Å²) < 4.78 is 0. The van der Waals surface area contributed by atoms with Gasteiger partial charge < -0.3 is 19.6 Å². The summed E-state index contributed by atoms with van der Waals surface area (Å²) in [6, 6.07) is 95.8. The summed E-state index contributed by atoms with van der Waals surface area (Å²) in [4.78, 5) is 9.30. The molecule has 12 rings (SSSR count). The molecular formula is C82H74Cl2N4. The molecule has 0 heterocycles. The highest BCUT2D eigenvalue weighted by Gasteiger charge is 2.20. The van der Waals surface area contributed by atoms with Gasteiger partial charge in [-0.3, -0.25) is 0 Å². The molecular weight excluding hydrogens is 1110 g/mol. The highest BCUT2D eigenvalue weighted by molar-refractivity contribution is 6.31. The molecule has 88 heavy (non-hydrogen) atoms. The number of anilines is 12. The van der Waals surface area contributed by atoms with Crippen molar-refractivity contribution in [1.82, 2.24) is 0 Å². The van der Waals surface area contributed by atoms with Gasteiger partial charge in [-0.1, -0.05) is 178 Å². The lowest BCUT2D eigenvalue weighted by atomic mass is 10.0. The van der Waals surface area contributed by atoms with Crippen LogP contribution in [-0.2, 0) is 0 Å². The Morgan fingerprint density at radius 3 is 0.523 bits per heavy atom. The van der Waals surface area contributed by atoms with Gasteiger partial charge in [-0.05, 0) is 259 Å². The molecule has 436 valence electrons. The largest absolute Gasteiger partial charge is 0.310 e. The molecule has 0 saturated heterocycles. The first-order chi connectivity index (χ1) is 42.5.